The molecule has 32 heavy (non-hydrogen) atoms. The number of hydrogen-bond acceptors (Lipinski definition) is 6. The number of halogens is 1. The Hall–Kier alpha value is -3.21. The molecule has 0 saturated carbocycles. The number of benzene rings is 1. The summed E-state index contributed by atoms with van der Waals surface area (Å²) in [4.78, 5) is 46.5. The molecule has 166 valence electrons. The predicted molar refractivity (Wildman–Crippen MR) is 121 cm³/mol. The molecule has 3 aromatic rings. The van der Waals surface area contributed by atoms with E-state index in [1.807, 2.05) is 0 Å². The molecule has 9 nitrogen and oxygen atoms in total. The fraction of sp³-hybridized carbons (Fsp3) is 0.238. The van der Waals surface area contributed by atoms with Gasteiger partial charge in [0.2, 0.25) is 5.91 Å². The van der Waals surface area contributed by atoms with E-state index in [2.05, 4.69) is 20.6 Å². The van der Waals surface area contributed by atoms with Gasteiger partial charge in [0, 0.05) is 36.2 Å². The second-order valence-corrected chi connectivity index (χ2v) is 8.76. The second kappa shape index (κ2) is 9.94. The van der Waals surface area contributed by atoms with Gasteiger partial charge in [-0.2, -0.15) is 0 Å². The lowest BCUT2D eigenvalue weighted by atomic mass is 10.1. The molecule has 2 aromatic heterocycles. The Morgan fingerprint density at radius 3 is 2.72 bits per heavy atom. The molecule has 1 aliphatic heterocycles. The van der Waals surface area contributed by atoms with Crippen molar-refractivity contribution in [1.82, 2.24) is 15.3 Å². The van der Waals surface area contributed by atoms with Crippen LogP contribution < -0.4 is 15.5 Å². The predicted octanol–water partition coefficient (Wildman–Crippen LogP) is 2.47. The molecule has 1 aliphatic rings. The Bertz CT molecular complexity index is 1100. The molecular formula is C21H20ClN5O4S. The first-order chi connectivity index (χ1) is 15.5. The van der Waals surface area contributed by atoms with E-state index < -0.39 is 6.04 Å². The molecule has 0 bridgehead atoms. The summed E-state index contributed by atoms with van der Waals surface area (Å²) in [5, 5.41) is 5.58. The molecule has 1 saturated heterocycles. The maximum Gasteiger partial charge on any atom is 0.262 e. The molecule has 0 unspecified atom stereocenters. The van der Waals surface area contributed by atoms with Crippen LogP contribution in [0, 0.1) is 0 Å². The smallest absolute Gasteiger partial charge is 0.262 e. The molecular weight excluding hydrogens is 454 g/mol. The highest BCUT2D eigenvalue weighted by atomic mass is 35.5. The van der Waals surface area contributed by atoms with Gasteiger partial charge in [0.1, 0.15) is 12.6 Å². The molecule has 1 fully saturated rings. The van der Waals surface area contributed by atoms with Crippen molar-refractivity contribution in [3.63, 3.8) is 0 Å². The number of hydrogen-bond donors (Lipinski definition) is 3. The van der Waals surface area contributed by atoms with Crippen LogP contribution in [0.25, 0.3) is 0 Å². The Labute approximate surface area is 192 Å². The van der Waals surface area contributed by atoms with Crippen LogP contribution >= 0.6 is 22.9 Å². The van der Waals surface area contributed by atoms with Crippen LogP contribution in [0.15, 0.2) is 48.9 Å². The van der Waals surface area contributed by atoms with Crippen LogP contribution in [0.5, 0.6) is 0 Å². The van der Waals surface area contributed by atoms with Gasteiger partial charge in [-0.05, 0) is 36.4 Å². The highest BCUT2D eigenvalue weighted by molar-refractivity contribution is 7.18. The van der Waals surface area contributed by atoms with Gasteiger partial charge in [-0.3, -0.25) is 14.4 Å². The first kappa shape index (κ1) is 22.0. The molecule has 0 radical (unpaired) electrons. The van der Waals surface area contributed by atoms with Gasteiger partial charge in [0.25, 0.3) is 11.8 Å². The number of morpholine rings is 1. The maximum atomic E-state index is 13.0. The van der Waals surface area contributed by atoms with E-state index in [0.29, 0.717) is 33.7 Å². The van der Waals surface area contributed by atoms with Gasteiger partial charge in [0.15, 0.2) is 0 Å². The Morgan fingerprint density at radius 2 is 2.06 bits per heavy atom. The van der Waals surface area contributed by atoms with Gasteiger partial charge in [-0.15, -0.1) is 11.3 Å². The number of carbonyl (C=O) groups excluding carboxylic acids is 3. The van der Waals surface area contributed by atoms with Crippen molar-refractivity contribution >= 4 is 52.0 Å². The lowest BCUT2D eigenvalue weighted by Crippen LogP contribution is -2.45. The molecule has 4 rings (SSSR count). The van der Waals surface area contributed by atoms with E-state index in [1.54, 1.807) is 47.5 Å². The minimum Gasteiger partial charge on any atom is -0.370 e. The lowest BCUT2D eigenvalue weighted by Gasteiger charge is -2.27. The standard InChI is InChI=1S/C21H20ClN5O4S/c22-18-6-5-17(32-18)21(30)26-16(9-14-10-23-12-24-14)20(29)25-13-1-3-15(4-2-13)27-7-8-31-11-19(27)28/h1-6,10,12,16H,7-9,11H2,(H,23,24)(H,25,29)(H,26,30)/t16-/m0/s1. The minimum absolute atomic E-state index is 0.0585. The molecule has 3 N–H and O–H groups in total. The summed E-state index contributed by atoms with van der Waals surface area (Å²) in [7, 11) is 0. The number of aromatic nitrogens is 2. The minimum atomic E-state index is -0.843. The van der Waals surface area contributed by atoms with Gasteiger partial charge in [-0.25, -0.2) is 4.98 Å². The van der Waals surface area contributed by atoms with E-state index in [0.717, 1.165) is 17.0 Å². The number of anilines is 2. The summed E-state index contributed by atoms with van der Waals surface area (Å²) in [6, 6.07) is 9.34. The van der Waals surface area contributed by atoms with Crippen molar-refractivity contribution in [3.8, 4) is 0 Å². The number of thiophene rings is 1. The zero-order chi connectivity index (χ0) is 22.5. The number of nitrogens with one attached hydrogen (secondary N) is 3. The quantitative estimate of drug-likeness (QED) is 0.487. The maximum absolute atomic E-state index is 13.0. The Kier molecular flexibility index (Phi) is 6.84. The van der Waals surface area contributed by atoms with Crippen molar-refractivity contribution < 1.29 is 19.1 Å². The van der Waals surface area contributed by atoms with E-state index in [4.69, 9.17) is 16.3 Å². The van der Waals surface area contributed by atoms with Crippen molar-refractivity contribution in [2.24, 2.45) is 0 Å². The van der Waals surface area contributed by atoms with Gasteiger partial charge in [-0.1, -0.05) is 11.6 Å². The van der Waals surface area contributed by atoms with Crippen LogP contribution in [0.2, 0.25) is 4.34 Å². The topological polar surface area (TPSA) is 116 Å². The third-order valence-electron chi connectivity index (χ3n) is 4.83. The average Bonchev–Trinajstić information content (AvgIpc) is 3.46. The molecule has 3 amide bonds. The van der Waals surface area contributed by atoms with Crippen molar-refractivity contribution in [3.05, 3.63) is 63.8 Å². The van der Waals surface area contributed by atoms with Crippen molar-refractivity contribution in [2.75, 3.05) is 30.0 Å². The lowest BCUT2D eigenvalue weighted by molar-refractivity contribution is -0.125. The largest absolute Gasteiger partial charge is 0.370 e. The van der Waals surface area contributed by atoms with Crippen molar-refractivity contribution in [2.45, 2.75) is 12.5 Å². The summed E-state index contributed by atoms with van der Waals surface area (Å²) >= 11 is 7.06. The van der Waals surface area contributed by atoms with E-state index in [-0.39, 0.29) is 30.7 Å². The van der Waals surface area contributed by atoms with Crippen LogP contribution in [0.3, 0.4) is 0 Å². The van der Waals surface area contributed by atoms with Gasteiger partial charge in [0.05, 0.1) is 22.1 Å². The zero-order valence-electron chi connectivity index (χ0n) is 16.8. The summed E-state index contributed by atoms with van der Waals surface area (Å²) in [6.07, 6.45) is 3.34. The Balaban J connectivity index is 1.45. The third kappa shape index (κ3) is 5.34. The van der Waals surface area contributed by atoms with Crippen LogP contribution in [-0.4, -0.2) is 53.5 Å². The summed E-state index contributed by atoms with van der Waals surface area (Å²) in [6.45, 7) is 1.02. The number of imidazole rings is 1. The monoisotopic (exact) mass is 473 g/mol. The third-order valence-corrected chi connectivity index (χ3v) is 6.06. The molecule has 3 heterocycles. The number of rotatable bonds is 7. The molecule has 1 aromatic carbocycles. The number of ether oxygens (including phenoxy) is 1. The first-order valence-corrected chi connectivity index (χ1v) is 11.0. The highest BCUT2D eigenvalue weighted by Crippen LogP contribution is 2.22. The van der Waals surface area contributed by atoms with E-state index >= 15 is 0 Å². The average molecular weight is 474 g/mol. The van der Waals surface area contributed by atoms with Gasteiger partial charge >= 0.3 is 0 Å². The van der Waals surface area contributed by atoms with Crippen LogP contribution in [0.1, 0.15) is 15.4 Å². The molecule has 1 atom stereocenters. The Morgan fingerprint density at radius 1 is 1.25 bits per heavy atom. The normalized spacial score (nSPS) is 14.8. The number of carbonyl (C=O) groups is 3. The van der Waals surface area contributed by atoms with Crippen LogP contribution in [0.4, 0.5) is 11.4 Å². The van der Waals surface area contributed by atoms with E-state index in [1.165, 1.54) is 6.33 Å². The fourth-order valence-electron chi connectivity index (χ4n) is 3.24. The number of nitrogens with zero attached hydrogens (tertiary/aromatic N) is 2. The zero-order valence-corrected chi connectivity index (χ0v) is 18.4. The summed E-state index contributed by atoms with van der Waals surface area (Å²) < 4.78 is 5.64. The van der Waals surface area contributed by atoms with Crippen LogP contribution in [-0.2, 0) is 20.7 Å². The molecule has 0 aliphatic carbocycles. The SMILES string of the molecule is O=C(N[C@@H](Cc1cnc[nH]1)C(=O)Nc1ccc(N2CCOCC2=O)cc1)c1ccc(Cl)s1. The highest BCUT2D eigenvalue weighted by Gasteiger charge is 2.24. The first-order valence-electron chi connectivity index (χ1n) is 9.82. The molecule has 11 heteroatoms. The second-order valence-electron chi connectivity index (χ2n) is 7.04. The fourth-order valence-corrected chi connectivity index (χ4v) is 4.18. The molecule has 0 spiro atoms. The van der Waals surface area contributed by atoms with Crippen molar-refractivity contribution in [1.29, 1.82) is 0 Å². The van der Waals surface area contributed by atoms with E-state index in [9.17, 15) is 14.4 Å². The summed E-state index contributed by atoms with van der Waals surface area (Å²) in [5.41, 5.74) is 1.98. The number of amides is 3. The number of H-pyrrole nitrogens is 1. The van der Waals surface area contributed by atoms with Gasteiger partial charge < -0.3 is 25.3 Å². The number of aromatic amines is 1. The summed E-state index contributed by atoms with van der Waals surface area (Å²) in [5.74, 6) is -0.877.